The Morgan fingerprint density at radius 1 is 1.53 bits per heavy atom. The molecule has 0 aliphatic carbocycles. The van der Waals surface area contributed by atoms with Gasteiger partial charge in [0.25, 0.3) is 5.91 Å². The predicted octanol–water partition coefficient (Wildman–Crippen LogP) is 0.874. The van der Waals surface area contributed by atoms with Crippen molar-refractivity contribution < 1.29 is 14.8 Å². The van der Waals surface area contributed by atoms with Gasteiger partial charge < -0.3 is 10.0 Å². The molecule has 0 atom stereocenters. The molecule has 0 saturated heterocycles. The van der Waals surface area contributed by atoms with Crippen molar-refractivity contribution in [3.8, 4) is 11.8 Å². The Labute approximate surface area is 96.7 Å². The van der Waals surface area contributed by atoms with Crippen LogP contribution in [0.25, 0.3) is 0 Å². The maximum atomic E-state index is 11.6. The fraction of sp³-hybridized carbons (Fsp3) is 0.200. The van der Waals surface area contributed by atoms with Gasteiger partial charge in [0.2, 0.25) is 5.75 Å². The maximum Gasteiger partial charge on any atom is 0.312 e. The minimum absolute atomic E-state index is 0.0558. The fourth-order valence-electron chi connectivity index (χ4n) is 1.23. The van der Waals surface area contributed by atoms with E-state index in [-0.39, 0.29) is 11.1 Å². The van der Waals surface area contributed by atoms with Crippen LogP contribution in [0.3, 0.4) is 0 Å². The van der Waals surface area contributed by atoms with E-state index in [2.05, 4.69) is 0 Å². The van der Waals surface area contributed by atoms with E-state index in [1.165, 1.54) is 14.1 Å². The van der Waals surface area contributed by atoms with Crippen molar-refractivity contribution in [3.63, 3.8) is 0 Å². The molecule has 0 aromatic heterocycles. The third-order valence-electron chi connectivity index (χ3n) is 2.05. The van der Waals surface area contributed by atoms with Gasteiger partial charge in [-0.1, -0.05) is 0 Å². The first kappa shape index (κ1) is 12.4. The second-order valence-corrected chi connectivity index (χ2v) is 3.46. The molecule has 0 radical (unpaired) electrons. The van der Waals surface area contributed by atoms with Crippen LogP contribution in [0.5, 0.6) is 5.75 Å². The van der Waals surface area contributed by atoms with E-state index in [4.69, 9.17) is 5.26 Å². The van der Waals surface area contributed by atoms with Crippen molar-refractivity contribution in [2.75, 3.05) is 14.1 Å². The van der Waals surface area contributed by atoms with Gasteiger partial charge in [-0.15, -0.1) is 0 Å². The molecule has 1 aromatic carbocycles. The van der Waals surface area contributed by atoms with Gasteiger partial charge in [-0.3, -0.25) is 14.9 Å². The monoisotopic (exact) mass is 235 g/mol. The summed E-state index contributed by atoms with van der Waals surface area (Å²) in [7, 11) is 2.87. The third kappa shape index (κ3) is 2.31. The van der Waals surface area contributed by atoms with E-state index < -0.39 is 22.3 Å². The summed E-state index contributed by atoms with van der Waals surface area (Å²) >= 11 is 0. The summed E-state index contributed by atoms with van der Waals surface area (Å²) in [6.07, 6.45) is 0. The van der Waals surface area contributed by atoms with Crippen molar-refractivity contribution >= 4 is 11.6 Å². The number of hydrogen-bond acceptors (Lipinski definition) is 5. The number of rotatable bonds is 2. The molecule has 7 nitrogen and oxygen atoms in total. The second-order valence-electron chi connectivity index (χ2n) is 3.46. The third-order valence-corrected chi connectivity index (χ3v) is 2.05. The van der Waals surface area contributed by atoms with Crippen molar-refractivity contribution in [2.45, 2.75) is 0 Å². The molecule has 0 saturated carbocycles. The average molecular weight is 235 g/mol. The zero-order chi connectivity index (χ0) is 13.2. The van der Waals surface area contributed by atoms with Crippen molar-refractivity contribution in [3.05, 3.63) is 33.4 Å². The normalized spacial score (nSPS) is 9.47. The molecule has 0 aliphatic rings. The molecule has 0 fully saturated rings. The van der Waals surface area contributed by atoms with Gasteiger partial charge in [-0.25, -0.2) is 0 Å². The summed E-state index contributed by atoms with van der Waals surface area (Å²) < 4.78 is 0. The lowest BCUT2D eigenvalue weighted by atomic mass is 10.1. The largest absolute Gasteiger partial charge is 0.502 e. The van der Waals surface area contributed by atoms with Gasteiger partial charge in [0, 0.05) is 20.2 Å². The number of carbonyl (C=O) groups is 1. The lowest BCUT2D eigenvalue weighted by Gasteiger charge is -2.11. The zero-order valence-electron chi connectivity index (χ0n) is 9.17. The SMILES string of the molecule is CN(C)C(=O)c1cc(C#N)cc([N+](=O)[O-])c1O. The highest BCUT2D eigenvalue weighted by Crippen LogP contribution is 2.31. The van der Waals surface area contributed by atoms with E-state index in [0.29, 0.717) is 0 Å². The van der Waals surface area contributed by atoms with Crippen molar-refractivity contribution in [1.29, 1.82) is 5.26 Å². The number of aromatic hydroxyl groups is 1. The van der Waals surface area contributed by atoms with Crippen LogP contribution in [0.15, 0.2) is 12.1 Å². The molecule has 0 unspecified atom stereocenters. The summed E-state index contributed by atoms with van der Waals surface area (Å²) in [5, 5.41) is 28.9. The van der Waals surface area contributed by atoms with Gasteiger partial charge in [-0.05, 0) is 6.07 Å². The quantitative estimate of drug-likeness (QED) is 0.604. The number of hydrogen-bond donors (Lipinski definition) is 1. The molecule has 1 aromatic rings. The van der Waals surface area contributed by atoms with E-state index in [1.54, 1.807) is 6.07 Å². The lowest BCUT2D eigenvalue weighted by molar-refractivity contribution is -0.385. The second kappa shape index (κ2) is 4.49. The lowest BCUT2D eigenvalue weighted by Crippen LogP contribution is -2.22. The molecule has 88 valence electrons. The number of phenols is 1. The van der Waals surface area contributed by atoms with Crippen molar-refractivity contribution in [1.82, 2.24) is 4.90 Å². The van der Waals surface area contributed by atoms with Gasteiger partial charge in [0.05, 0.1) is 22.1 Å². The first-order valence-corrected chi connectivity index (χ1v) is 4.51. The molecule has 1 N–H and O–H groups in total. The highest BCUT2D eigenvalue weighted by Gasteiger charge is 2.24. The first-order chi connectivity index (χ1) is 7.88. The zero-order valence-corrected chi connectivity index (χ0v) is 9.17. The van der Waals surface area contributed by atoms with Gasteiger partial charge in [-0.2, -0.15) is 5.26 Å². The van der Waals surface area contributed by atoms with Crippen LogP contribution >= 0.6 is 0 Å². The number of nitrogens with zero attached hydrogens (tertiary/aromatic N) is 3. The van der Waals surface area contributed by atoms with Crippen LogP contribution in [0.4, 0.5) is 5.69 Å². The van der Waals surface area contributed by atoms with Crippen LogP contribution in [0.1, 0.15) is 15.9 Å². The summed E-state index contributed by atoms with van der Waals surface area (Å²) in [6.45, 7) is 0. The number of nitro benzene ring substituents is 1. The number of carbonyl (C=O) groups excluding carboxylic acids is 1. The number of amides is 1. The van der Waals surface area contributed by atoms with E-state index in [9.17, 15) is 20.0 Å². The minimum Gasteiger partial charge on any atom is -0.502 e. The Morgan fingerprint density at radius 3 is 2.53 bits per heavy atom. The molecule has 0 bridgehead atoms. The van der Waals surface area contributed by atoms with E-state index in [0.717, 1.165) is 17.0 Å². The molecule has 1 rings (SSSR count). The number of nitriles is 1. The predicted molar refractivity (Wildman–Crippen MR) is 57.5 cm³/mol. The molecule has 0 aliphatic heterocycles. The number of phenolic OH excluding ortho intramolecular Hbond substituents is 1. The van der Waals surface area contributed by atoms with Crippen molar-refractivity contribution in [2.24, 2.45) is 0 Å². The first-order valence-electron chi connectivity index (χ1n) is 4.51. The molecule has 7 heteroatoms. The summed E-state index contributed by atoms with van der Waals surface area (Å²) in [4.78, 5) is 22.6. The van der Waals surface area contributed by atoms with E-state index in [1.807, 2.05) is 0 Å². The number of benzene rings is 1. The minimum atomic E-state index is -0.845. The standard InChI is InChI=1S/C10H9N3O4/c1-12(2)10(15)7-3-6(5-11)4-8(9(7)14)13(16)17/h3-4,14H,1-2H3. The van der Waals surface area contributed by atoms with Crippen LogP contribution in [0.2, 0.25) is 0 Å². The van der Waals surface area contributed by atoms with Gasteiger partial charge in [0.15, 0.2) is 0 Å². The fourth-order valence-corrected chi connectivity index (χ4v) is 1.23. The Bertz CT molecular complexity index is 531. The van der Waals surface area contributed by atoms with Crippen LogP contribution in [-0.4, -0.2) is 34.9 Å². The molecule has 0 spiro atoms. The topological polar surface area (TPSA) is 107 Å². The van der Waals surface area contributed by atoms with Gasteiger partial charge in [0.1, 0.15) is 0 Å². The molecular weight excluding hydrogens is 226 g/mol. The number of nitro groups is 1. The maximum absolute atomic E-state index is 11.6. The highest BCUT2D eigenvalue weighted by atomic mass is 16.6. The Kier molecular flexibility index (Phi) is 3.29. The molecule has 17 heavy (non-hydrogen) atoms. The molecule has 1 amide bonds. The van der Waals surface area contributed by atoms with Crippen LogP contribution in [0, 0.1) is 21.4 Å². The Balaban J connectivity index is 3.51. The Hall–Kier alpha value is -2.62. The summed E-state index contributed by atoms with van der Waals surface area (Å²) in [5.41, 5.74) is -0.977. The smallest absolute Gasteiger partial charge is 0.312 e. The summed E-state index contributed by atoms with van der Waals surface area (Å²) in [5.74, 6) is -1.34. The van der Waals surface area contributed by atoms with Crippen LogP contribution in [-0.2, 0) is 0 Å². The summed E-state index contributed by atoms with van der Waals surface area (Å²) in [6, 6.07) is 3.73. The molecular formula is C10H9N3O4. The Morgan fingerprint density at radius 2 is 2.12 bits per heavy atom. The average Bonchev–Trinajstić information content (AvgIpc) is 2.27. The van der Waals surface area contributed by atoms with Crippen LogP contribution < -0.4 is 0 Å². The van der Waals surface area contributed by atoms with E-state index >= 15 is 0 Å². The molecule has 0 heterocycles. The van der Waals surface area contributed by atoms with Gasteiger partial charge >= 0.3 is 5.69 Å². The highest BCUT2D eigenvalue weighted by molar-refractivity contribution is 5.98.